The Balaban J connectivity index is 1.59. The van der Waals surface area contributed by atoms with Crippen molar-refractivity contribution in [2.24, 2.45) is 7.05 Å². The monoisotopic (exact) mass is 465 g/mol. The van der Waals surface area contributed by atoms with Gasteiger partial charge in [0, 0.05) is 36.9 Å². The van der Waals surface area contributed by atoms with Crippen LogP contribution in [0.15, 0.2) is 73.1 Å². The van der Waals surface area contributed by atoms with E-state index in [0.29, 0.717) is 40.0 Å². The van der Waals surface area contributed by atoms with Crippen LogP contribution in [0.4, 0.5) is 5.82 Å². The maximum Gasteiger partial charge on any atom is 0.183 e. The molecule has 0 radical (unpaired) electrons. The fraction of sp³-hybridized carbons (Fsp3) is 0.115. The molecule has 0 aliphatic carbocycles. The van der Waals surface area contributed by atoms with Crippen molar-refractivity contribution >= 4 is 28.3 Å². The maximum atomic E-state index is 9.85. The zero-order valence-electron chi connectivity index (χ0n) is 18.4. The smallest absolute Gasteiger partial charge is 0.183 e. The van der Waals surface area contributed by atoms with Gasteiger partial charge in [-0.25, -0.2) is 9.97 Å². The highest BCUT2D eigenvalue weighted by Gasteiger charge is 2.19. The zero-order valence-corrected chi connectivity index (χ0v) is 19.2. The van der Waals surface area contributed by atoms with E-state index < -0.39 is 0 Å². The lowest BCUT2D eigenvalue weighted by atomic mass is 10.0. The highest BCUT2D eigenvalue weighted by atomic mass is 35.5. The minimum absolute atomic E-state index is 0.213. The molecule has 1 N–H and O–H groups in total. The number of aryl methyl sites for hydroxylation is 1. The molecule has 2 aromatic carbocycles. The standard InChI is InChI=1S/C26H20ClN7/c1-34-13-10-21(33-34)25-24(19-14-18-8-5-11-29-23(18)20(27)15-19)31-22(16-28)26(32-25)30-12-9-17-6-3-2-4-7-17/h2-8,10-11,13-15H,9,12H2,1H3,(H,30,32). The number of nitrogens with zero attached hydrogens (tertiary/aromatic N) is 6. The molecule has 3 heterocycles. The second-order valence-electron chi connectivity index (χ2n) is 7.80. The van der Waals surface area contributed by atoms with E-state index in [1.54, 1.807) is 16.9 Å². The van der Waals surface area contributed by atoms with E-state index in [2.05, 4.69) is 33.6 Å². The lowest BCUT2D eigenvalue weighted by Crippen LogP contribution is -2.10. The van der Waals surface area contributed by atoms with Gasteiger partial charge in [-0.3, -0.25) is 9.67 Å². The number of halogens is 1. The summed E-state index contributed by atoms with van der Waals surface area (Å²) in [6.07, 6.45) is 4.34. The SMILES string of the molecule is Cn1ccc(-c2nc(NCCc3ccccc3)c(C#N)nc2-c2cc(Cl)c3ncccc3c2)n1. The average Bonchev–Trinajstić information content (AvgIpc) is 3.30. The molecule has 0 saturated carbocycles. The molecule has 0 aliphatic rings. The van der Waals surface area contributed by atoms with Crippen LogP contribution in [0, 0.1) is 11.3 Å². The second kappa shape index (κ2) is 9.30. The molecule has 0 unspecified atom stereocenters. The number of nitrogens with one attached hydrogen (secondary N) is 1. The lowest BCUT2D eigenvalue weighted by Gasteiger charge is -2.13. The van der Waals surface area contributed by atoms with E-state index in [4.69, 9.17) is 21.6 Å². The molecule has 0 bridgehead atoms. The summed E-state index contributed by atoms with van der Waals surface area (Å²) in [5.74, 6) is 0.427. The fourth-order valence-corrected chi connectivity index (χ4v) is 4.09. The van der Waals surface area contributed by atoms with Crippen LogP contribution in [0.3, 0.4) is 0 Å². The first kappa shape index (κ1) is 21.6. The molecule has 0 aliphatic heterocycles. The van der Waals surface area contributed by atoms with Crippen molar-refractivity contribution in [2.45, 2.75) is 6.42 Å². The molecule has 0 saturated heterocycles. The highest BCUT2D eigenvalue weighted by Crippen LogP contribution is 2.34. The summed E-state index contributed by atoms with van der Waals surface area (Å²) in [5, 5.41) is 19.0. The first-order valence-corrected chi connectivity index (χ1v) is 11.1. The maximum absolute atomic E-state index is 9.85. The van der Waals surface area contributed by atoms with Gasteiger partial charge in [0.05, 0.1) is 10.5 Å². The molecule has 0 fully saturated rings. The minimum atomic E-state index is 0.213. The number of pyridine rings is 1. The summed E-state index contributed by atoms with van der Waals surface area (Å²) in [4.78, 5) is 13.9. The molecular weight excluding hydrogens is 446 g/mol. The first-order chi connectivity index (χ1) is 16.6. The van der Waals surface area contributed by atoms with Crippen LogP contribution >= 0.6 is 11.6 Å². The topological polar surface area (TPSA) is 92.3 Å². The molecule has 3 aromatic heterocycles. The van der Waals surface area contributed by atoms with Gasteiger partial charge in [-0.05, 0) is 36.2 Å². The Morgan fingerprint density at radius 2 is 1.88 bits per heavy atom. The molecule has 5 aromatic rings. The number of benzene rings is 2. The number of hydrogen-bond donors (Lipinski definition) is 1. The van der Waals surface area contributed by atoms with E-state index in [-0.39, 0.29) is 5.69 Å². The van der Waals surface area contributed by atoms with Crippen molar-refractivity contribution in [1.29, 1.82) is 5.26 Å². The summed E-state index contributed by atoms with van der Waals surface area (Å²) in [5.41, 5.74) is 4.62. The fourth-order valence-electron chi connectivity index (χ4n) is 3.81. The van der Waals surface area contributed by atoms with Crippen LogP contribution in [0.1, 0.15) is 11.3 Å². The van der Waals surface area contributed by atoms with Gasteiger partial charge in [0.2, 0.25) is 0 Å². The largest absolute Gasteiger partial charge is 0.367 e. The molecule has 34 heavy (non-hydrogen) atoms. The number of anilines is 1. The third kappa shape index (κ3) is 4.32. The Labute approximate surface area is 201 Å². The third-order valence-corrected chi connectivity index (χ3v) is 5.73. The molecule has 166 valence electrons. The van der Waals surface area contributed by atoms with Gasteiger partial charge in [0.15, 0.2) is 11.5 Å². The second-order valence-corrected chi connectivity index (χ2v) is 8.21. The number of aromatic nitrogens is 5. The summed E-state index contributed by atoms with van der Waals surface area (Å²) in [6, 6.07) is 21.7. The number of nitriles is 1. The van der Waals surface area contributed by atoms with Gasteiger partial charge in [0.1, 0.15) is 23.2 Å². The molecule has 0 atom stereocenters. The summed E-state index contributed by atoms with van der Waals surface area (Å²) in [7, 11) is 1.85. The predicted octanol–water partition coefficient (Wildman–Crippen LogP) is 5.27. The van der Waals surface area contributed by atoms with Crippen LogP contribution in [0.5, 0.6) is 0 Å². The lowest BCUT2D eigenvalue weighted by molar-refractivity contribution is 0.770. The number of fused-ring (bicyclic) bond motifs is 1. The van der Waals surface area contributed by atoms with E-state index >= 15 is 0 Å². The summed E-state index contributed by atoms with van der Waals surface area (Å²) in [6.45, 7) is 0.613. The van der Waals surface area contributed by atoms with Crippen LogP contribution in [0.2, 0.25) is 5.02 Å². The Hall–Kier alpha value is -4.28. The van der Waals surface area contributed by atoms with Gasteiger partial charge < -0.3 is 5.32 Å². The predicted molar refractivity (Wildman–Crippen MR) is 133 cm³/mol. The van der Waals surface area contributed by atoms with Crippen molar-refractivity contribution in [3.8, 4) is 28.7 Å². The Morgan fingerprint density at radius 1 is 1.03 bits per heavy atom. The van der Waals surface area contributed by atoms with Crippen LogP contribution in [-0.4, -0.2) is 31.3 Å². The Bertz CT molecular complexity index is 1520. The minimum Gasteiger partial charge on any atom is -0.367 e. The van der Waals surface area contributed by atoms with E-state index in [0.717, 1.165) is 17.4 Å². The van der Waals surface area contributed by atoms with Gasteiger partial charge >= 0.3 is 0 Å². The van der Waals surface area contributed by atoms with Crippen molar-refractivity contribution in [3.63, 3.8) is 0 Å². The van der Waals surface area contributed by atoms with Crippen LogP contribution in [-0.2, 0) is 13.5 Å². The number of hydrogen-bond acceptors (Lipinski definition) is 6. The highest BCUT2D eigenvalue weighted by molar-refractivity contribution is 6.35. The van der Waals surface area contributed by atoms with Crippen LogP contribution in [0.25, 0.3) is 33.5 Å². The number of rotatable bonds is 6. The van der Waals surface area contributed by atoms with E-state index in [1.807, 2.05) is 55.7 Å². The average molecular weight is 466 g/mol. The molecular formula is C26H20ClN7. The normalized spacial score (nSPS) is 10.9. The van der Waals surface area contributed by atoms with Gasteiger partial charge in [0.25, 0.3) is 0 Å². The quantitative estimate of drug-likeness (QED) is 0.367. The molecule has 8 heteroatoms. The van der Waals surface area contributed by atoms with Gasteiger partial charge in [-0.15, -0.1) is 0 Å². The third-order valence-electron chi connectivity index (χ3n) is 5.44. The van der Waals surface area contributed by atoms with Crippen LogP contribution < -0.4 is 5.32 Å². The van der Waals surface area contributed by atoms with E-state index in [1.165, 1.54) is 5.56 Å². The van der Waals surface area contributed by atoms with Crippen molar-refractivity contribution in [3.05, 3.63) is 89.3 Å². The van der Waals surface area contributed by atoms with E-state index in [9.17, 15) is 5.26 Å². The van der Waals surface area contributed by atoms with Gasteiger partial charge in [-0.1, -0.05) is 48.0 Å². The van der Waals surface area contributed by atoms with Crippen molar-refractivity contribution in [2.75, 3.05) is 11.9 Å². The van der Waals surface area contributed by atoms with Crippen molar-refractivity contribution in [1.82, 2.24) is 24.7 Å². The molecule has 0 amide bonds. The summed E-state index contributed by atoms with van der Waals surface area (Å²) < 4.78 is 1.71. The molecule has 5 rings (SSSR count). The Kier molecular flexibility index (Phi) is 5.90. The zero-order chi connectivity index (χ0) is 23.5. The first-order valence-electron chi connectivity index (χ1n) is 10.8. The summed E-state index contributed by atoms with van der Waals surface area (Å²) >= 11 is 6.54. The molecule has 7 nitrogen and oxygen atoms in total. The van der Waals surface area contributed by atoms with Crippen molar-refractivity contribution < 1.29 is 0 Å². The Morgan fingerprint density at radius 3 is 2.65 bits per heavy atom. The molecule has 0 spiro atoms. The van der Waals surface area contributed by atoms with Gasteiger partial charge in [-0.2, -0.15) is 10.4 Å².